The molecule has 5 nitrogen and oxygen atoms in total. The standard InChI is InChI=1S/C18H22N2O3/c1-18(2,19)17(21)20-12-13-8-10-14(11-9-13)23-16-7-5-4-6-15(16)22-3/h4-11H,12,19H2,1-3H3,(H,20,21). The fourth-order valence-corrected chi connectivity index (χ4v) is 1.92. The summed E-state index contributed by atoms with van der Waals surface area (Å²) in [6.45, 7) is 3.77. The van der Waals surface area contributed by atoms with Crippen molar-refractivity contribution in [3.05, 3.63) is 54.1 Å². The Hall–Kier alpha value is -2.53. The molecule has 0 saturated carbocycles. The zero-order valence-corrected chi connectivity index (χ0v) is 13.6. The van der Waals surface area contributed by atoms with Crippen molar-refractivity contribution in [1.29, 1.82) is 0 Å². The predicted octanol–water partition coefficient (Wildman–Crippen LogP) is 2.84. The summed E-state index contributed by atoms with van der Waals surface area (Å²) in [7, 11) is 1.60. The summed E-state index contributed by atoms with van der Waals surface area (Å²) in [6.07, 6.45) is 0. The molecule has 0 aromatic heterocycles. The lowest BCUT2D eigenvalue weighted by Gasteiger charge is -2.17. The average Bonchev–Trinajstić information content (AvgIpc) is 2.53. The Balaban J connectivity index is 1.98. The van der Waals surface area contributed by atoms with Crippen LogP contribution in [-0.4, -0.2) is 18.6 Å². The molecule has 0 aliphatic rings. The first-order chi connectivity index (χ1) is 10.9. The van der Waals surface area contributed by atoms with Gasteiger partial charge < -0.3 is 20.5 Å². The summed E-state index contributed by atoms with van der Waals surface area (Å²) in [5.74, 6) is 1.84. The number of rotatable bonds is 6. The van der Waals surface area contributed by atoms with Crippen LogP contribution in [0.4, 0.5) is 0 Å². The third-order valence-electron chi connectivity index (χ3n) is 3.26. The lowest BCUT2D eigenvalue weighted by molar-refractivity contribution is -0.125. The van der Waals surface area contributed by atoms with Gasteiger partial charge >= 0.3 is 0 Å². The summed E-state index contributed by atoms with van der Waals surface area (Å²) in [6, 6.07) is 14.9. The number of hydrogen-bond acceptors (Lipinski definition) is 4. The van der Waals surface area contributed by atoms with E-state index in [1.807, 2.05) is 48.5 Å². The van der Waals surface area contributed by atoms with Gasteiger partial charge in [0.1, 0.15) is 5.75 Å². The summed E-state index contributed by atoms with van der Waals surface area (Å²) in [5, 5.41) is 2.80. The Morgan fingerprint density at radius 1 is 1.09 bits per heavy atom. The summed E-state index contributed by atoms with van der Waals surface area (Å²) < 4.78 is 11.1. The van der Waals surface area contributed by atoms with Crippen LogP contribution in [0.3, 0.4) is 0 Å². The normalized spacial score (nSPS) is 11.0. The van der Waals surface area contributed by atoms with E-state index in [4.69, 9.17) is 15.2 Å². The van der Waals surface area contributed by atoms with Crippen LogP contribution in [-0.2, 0) is 11.3 Å². The van der Waals surface area contributed by atoms with Crippen LogP contribution in [0.2, 0.25) is 0 Å². The molecule has 0 saturated heterocycles. The van der Waals surface area contributed by atoms with E-state index >= 15 is 0 Å². The molecule has 5 heteroatoms. The molecule has 0 radical (unpaired) electrons. The van der Waals surface area contributed by atoms with Crippen LogP contribution in [0.15, 0.2) is 48.5 Å². The van der Waals surface area contributed by atoms with Gasteiger partial charge in [-0.05, 0) is 43.7 Å². The molecule has 0 aliphatic carbocycles. The number of hydrogen-bond donors (Lipinski definition) is 2. The molecule has 1 amide bonds. The van der Waals surface area contributed by atoms with Crippen LogP contribution >= 0.6 is 0 Å². The third-order valence-corrected chi connectivity index (χ3v) is 3.26. The van der Waals surface area contributed by atoms with Crippen LogP contribution in [0.5, 0.6) is 17.2 Å². The fraction of sp³-hybridized carbons (Fsp3) is 0.278. The van der Waals surface area contributed by atoms with E-state index in [1.165, 1.54) is 0 Å². The number of para-hydroxylation sites is 2. The first kappa shape index (κ1) is 16.8. The van der Waals surface area contributed by atoms with Crippen molar-refractivity contribution in [2.24, 2.45) is 5.73 Å². The first-order valence-corrected chi connectivity index (χ1v) is 7.37. The van der Waals surface area contributed by atoms with E-state index in [-0.39, 0.29) is 5.91 Å². The molecule has 0 aliphatic heterocycles. The molecule has 2 aromatic carbocycles. The number of ether oxygens (including phenoxy) is 2. The molecular weight excluding hydrogens is 292 g/mol. The minimum atomic E-state index is -0.882. The van der Waals surface area contributed by atoms with Crippen LogP contribution in [0.25, 0.3) is 0 Å². The molecule has 3 N–H and O–H groups in total. The number of amides is 1. The summed E-state index contributed by atoms with van der Waals surface area (Å²) >= 11 is 0. The van der Waals surface area contributed by atoms with Crippen molar-refractivity contribution < 1.29 is 14.3 Å². The molecular formula is C18H22N2O3. The summed E-state index contributed by atoms with van der Waals surface area (Å²) in [5.41, 5.74) is 5.82. The average molecular weight is 314 g/mol. The smallest absolute Gasteiger partial charge is 0.239 e. The first-order valence-electron chi connectivity index (χ1n) is 7.37. The van der Waals surface area contributed by atoms with E-state index in [1.54, 1.807) is 21.0 Å². The maximum Gasteiger partial charge on any atom is 0.239 e. The third kappa shape index (κ3) is 4.72. The number of methoxy groups -OCH3 is 1. The number of nitrogens with two attached hydrogens (primary N) is 1. The van der Waals surface area contributed by atoms with Gasteiger partial charge in [0.2, 0.25) is 5.91 Å². The molecule has 0 unspecified atom stereocenters. The Morgan fingerprint density at radius 2 is 1.70 bits per heavy atom. The highest BCUT2D eigenvalue weighted by atomic mass is 16.5. The van der Waals surface area contributed by atoms with Crippen molar-refractivity contribution in [1.82, 2.24) is 5.32 Å². The number of benzene rings is 2. The Labute approximate surface area is 136 Å². The van der Waals surface area contributed by atoms with E-state index in [0.717, 1.165) is 5.56 Å². The number of carbonyl (C=O) groups is 1. The van der Waals surface area contributed by atoms with Crippen molar-refractivity contribution >= 4 is 5.91 Å². The van der Waals surface area contributed by atoms with Crippen LogP contribution in [0, 0.1) is 0 Å². The second kappa shape index (κ2) is 7.15. The van der Waals surface area contributed by atoms with Crippen molar-refractivity contribution in [2.45, 2.75) is 25.9 Å². The molecule has 0 spiro atoms. The Morgan fingerprint density at radius 3 is 2.26 bits per heavy atom. The van der Waals surface area contributed by atoms with Gasteiger partial charge in [-0.25, -0.2) is 0 Å². The van der Waals surface area contributed by atoms with E-state index in [9.17, 15) is 4.79 Å². The van der Waals surface area contributed by atoms with Crippen molar-refractivity contribution in [3.63, 3.8) is 0 Å². The molecule has 2 rings (SSSR count). The topological polar surface area (TPSA) is 73.6 Å². The van der Waals surface area contributed by atoms with Gasteiger partial charge in [0.25, 0.3) is 0 Å². The zero-order chi connectivity index (χ0) is 16.9. The minimum Gasteiger partial charge on any atom is -0.493 e. The highest BCUT2D eigenvalue weighted by molar-refractivity contribution is 5.84. The summed E-state index contributed by atoms with van der Waals surface area (Å²) in [4.78, 5) is 11.7. The Kier molecular flexibility index (Phi) is 5.24. The van der Waals surface area contributed by atoms with Gasteiger partial charge in [-0.2, -0.15) is 0 Å². The second-order valence-corrected chi connectivity index (χ2v) is 5.80. The molecule has 122 valence electrons. The molecule has 2 aromatic rings. The van der Waals surface area contributed by atoms with Crippen LogP contribution in [0.1, 0.15) is 19.4 Å². The van der Waals surface area contributed by atoms with E-state index in [0.29, 0.717) is 23.8 Å². The molecule has 0 bridgehead atoms. The SMILES string of the molecule is COc1ccccc1Oc1ccc(CNC(=O)C(C)(C)N)cc1. The van der Waals surface area contributed by atoms with Gasteiger partial charge in [0.15, 0.2) is 11.5 Å². The molecule has 0 atom stereocenters. The van der Waals surface area contributed by atoms with E-state index in [2.05, 4.69) is 5.32 Å². The highest BCUT2D eigenvalue weighted by Crippen LogP contribution is 2.30. The number of nitrogens with one attached hydrogen (secondary N) is 1. The minimum absolute atomic E-state index is 0.188. The van der Waals surface area contributed by atoms with Gasteiger partial charge in [-0.15, -0.1) is 0 Å². The Bertz CT molecular complexity index is 661. The molecule has 0 heterocycles. The quantitative estimate of drug-likeness (QED) is 0.860. The fourth-order valence-electron chi connectivity index (χ4n) is 1.92. The zero-order valence-electron chi connectivity index (χ0n) is 13.6. The van der Waals surface area contributed by atoms with Crippen molar-refractivity contribution in [2.75, 3.05) is 7.11 Å². The molecule has 0 fully saturated rings. The predicted molar refractivity (Wildman–Crippen MR) is 89.6 cm³/mol. The lowest BCUT2D eigenvalue weighted by Crippen LogP contribution is -2.48. The van der Waals surface area contributed by atoms with Gasteiger partial charge in [0, 0.05) is 6.54 Å². The molecule has 23 heavy (non-hydrogen) atoms. The van der Waals surface area contributed by atoms with Crippen molar-refractivity contribution in [3.8, 4) is 17.2 Å². The second-order valence-electron chi connectivity index (χ2n) is 5.80. The largest absolute Gasteiger partial charge is 0.493 e. The van der Waals surface area contributed by atoms with Gasteiger partial charge in [0.05, 0.1) is 12.6 Å². The monoisotopic (exact) mass is 314 g/mol. The van der Waals surface area contributed by atoms with Gasteiger partial charge in [-0.1, -0.05) is 24.3 Å². The maximum atomic E-state index is 11.7. The van der Waals surface area contributed by atoms with E-state index < -0.39 is 5.54 Å². The maximum absolute atomic E-state index is 11.7. The highest BCUT2D eigenvalue weighted by Gasteiger charge is 2.20. The van der Waals surface area contributed by atoms with Crippen LogP contribution < -0.4 is 20.5 Å². The lowest BCUT2D eigenvalue weighted by atomic mass is 10.1. The number of carbonyl (C=O) groups excluding carboxylic acids is 1. The van der Waals surface area contributed by atoms with Gasteiger partial charge in [-0.3, -0.25) is 4.79 Å².